The Morgan fingerprint density at radius 1 is 1.47 bits per heavy atom. The molecular formula is C11H12FNO4S2. The number of thioether (sulfide) groups is 1. The first kappa shape index (κ1) is 14.3. The van der Waals surface area contributed by atoms with Crippen molar-refractivity contribution in [3.8, 4) is 0 Å². The van der Waals surface area contributed by atoms with E-state index in [0.717, 1.165) is 22.1 Å². The zero-order valence-corrected chi connectivity index (χ0v) is 11.7. The Bertz CT molecular complexity index is 590. The number of benzene rings is 1. The van der Waals surface area contributed by atoms with Crippen LogP contribution < -0.4 is 0 Å². The van der Waals surface area contributed by atoms with E-state index in [9.17, 15) is 17.6 Å². The van der Waals surface area contributed by atoms with Crippen molar-refractivity contribution in [1.82, 2.24) is 4.31 Å². The fourth-order valence-electron chi connectivity index (χ4n) is 1.77. The molecular weight excluding hydrogens is 293 g/mol. The van der Waals surface area contributed by atoms with Crippen LogP contribution in [0.2, 0.25) is 0 Å². The minimum absolute atomic E-state index is 0.154. The van der Waals surface area contributed by atoms with Crippen LogP contribution in [0.1, 0.15) is 0 Å². The molecule has 0 spiro atoms. The molecule has 104 valence electrons. The molecule has 5 nitrogen and oxygen atoms in total. The molecule has 0 amide bonds. The predicted molar refractivity (Wildman–Crippen MR) is 68.6 cm³/mol. The minimum atomic E-state index is -4.04. The summed E-state index contributed by atoms with van der Waals surface area (Å²) in [5, 5.41) is -0.949. The molecule has 0 N–H and O–H groups in total. The van der Waals surface area contributed by atoms with E-state index >= 15 is 0 Å². The number of halogens is 1. The number of carbonyl (C=O) groups is 1. The van der Waals surface area contributed by atoms with Crippen molar-refractivity contribution in [2.24, 2.45) is 0 Å². The van der Waals surface area contributed by atoms with Crippen LogP contribution in [-0.4, -0.2) is 43.5 Å². The first-order valence-corrected chi connectivity index (χ1v) is 7.93. The van der Waals surface area contributed by atoms with Crippen LogP contribution in [0.15, 0.2) is 29.2 Å². The summed E-state index contributed by atoms with van der Waals surface area (Å²) in [4.78, 5) is 11.1. The summed E-state index contributed by atoms with van der Waals surface area (Å²) in [6.07, 6.45) is 0. The van der Waals surface area contributed by atoms with Crippen molar-refractivity contribution in [2.75, 3.05) is 19.4 Å². The molecule has 1 saturated heterocycles. The second-order valence-corrected chi connectivity index (χ2v) is 6.84. The average molecular weight is 305 g/mol. The molecule has 0 saturated carbocycles. The Morgan fingerprint density at radius 3 is 2.79 bits per heavy atom. The Hall–Kier alpha value is -1.12. The second kappa shape index (κ2) is 5.48. The molecule has 19 heavy (non-hydrogen) atoms. The van der Waals surface area contributed by atoms with Crippen molar-refractivity contribution < 1.29 is 22.3 Å². The standard InChI is InChI=1S/C11H12FNO4S2/c1-17-11(14)10-13(6-7-18-10)19(15,16)9-5-3-2-4-8(9)12/h2-5,10H,6-7H2,1H3. The van der Waals surface area contributed by atoms with Crippen LogP contribution in [0.25, 0.3) is 0 Å². The number of hydrogen-bond acceptors (Lipinski definition) is 5. The molecule has 8 heteroatoms. The quantitative estimate of drug-likeness (QED) is 0.782. The molecule has 1 aliphatic heterocycles. The van der Waals surface area contributed by atoms with Gasteiger partial charge >= 0.3 is 5.97 Å². The summed E-state index contributed by atoms with van der Waals surface area (Å²) in [5.74, 6) is -1.02. The predicted octanol–water partition coefficient (Wildman–Crippen LogP) is 1.06. The lowest BCUT2D eigenvalue weighted by Gasteiger charge is -2.21. The van der Waals surface area contributed by atoms with Gasteiger partial charge in [-0.1, -0.05) is 12.1 Å². The molecule has 1 unspecified atom stereocenters. The normalized spacial score (nSPS) is 20.4. The fourth-order valence-corrected chi connectivity index (χ4v) is 4.92. The van der Waals surface area contributed by atoms with E-state index in [1.54, 1.807) is 0 Å². The maximum absolute atomic E-state index is 13.6. The first-order chi connectivity index (χ1) is 8.98. The highest BCUT2D eigenvalue weighted by atomic mass is 32.2. The molecule has 1 fully saturated rings. The van der Waals surface area contributed by atoms with Crippen molar-refractivity contribution >= 4 is 27.8 Å². The van der Waals surface area contributed by atoms with Gasteiger partial charge in [0.1, 0.15) is 10.7 Å². The van der Waals surface area contributed by atoms with E-state index in [-0.39, 0.29) is 6.54 Å². The molecule has 2 rings (SSSR count). The van der Waals surface area contributed by atoms with Crippen LogP contribution in [0.3, 0.4) is 0 Å². The second-order valence-electron chi connectivity index (χ2n) is 3.79. The maximum Gasteiger partial charge on any atom is 0.334 e. The SMILES string of the molecule is COC(=O)C1SCCN1S(=O)(=O)c1ccccc1F. The van der Waals surface area contributed by atoms with Crippen molar-refractivity contribution in [2.45, 2.75) is 10.3 Å². The van der Waals surface area contributed by atoms with Gasteiger partial charge in [-0.25, -0.2) is 17.6 Å². The molecule has 0 aliphatic carbocycles. The summed E-state index contributed by atoms with van der Waals surface area (Å²) in [7, 11) is -2.85. The molecule has 1 aromatic rings. The maximum atomic E-state index is 13.6. The Balaban J connectivity index is 2.40. The largest absolute Gasteiger partial charge is 0.467 e. The number of esters is 1. The smallest absolute Gasteiger partial charge is 0.334 e. The summed E-state index contributed by atoms with van der Waals surface area (Å²) in [5.41, 5.74) is 0. The Morgan fingerprint density at radius 2 is 2.16 bits per heavy atom. The Labute approximate surface area is 114 Å². The molecule has 1 heterocycles. The van der Waals surface area contributed by atoms with Gasteiger partial charge in [0.05, 0.1) is 7.11 Å². The summed E-state index contributed by atoms with van der Waals surface area (Å²) in [6.45, 7) is 0.154. The van der Waals surface area contributed by atoms with Crippen LogP contribution in [0.5, 0.6) is 0 Å². The van der Waals surface area contributed by atoms with Crippen LogP contribution in [0, 0.1) is 5.82 Å². The number of nitrogens with zero attached hydrogens (tertiary/aromatic N) is 1. The third kappa shape index (κ3) is 2.60. The third-order valence-corrected chi connectivity index (χ3v) is 5.89. The fraction of sp³-hybridized carbons (Fsp3) is 0.364. The number of ether oxygens (including phenoxy) is 1. The lowest BCUT2D eigenvalue weighted by atomic mass is 10.4. The molecule has 1 aromatic carbocycles. The van der Waals surface area contributed by atoms with E-state index in [0.29, 0.717) is 5.75 Å². The van der Waals surface area contributed by atoms with Gasteiger partial charge in [-0.05, 0) is 12.1 Å². The first-order valence-electron chi connectivity index (χ1n) is 5.44. The molecule has 0 radical (unpaired) electrons. The summed E-state index contributed by atoms with van der Waals surface area (Å²) in [6, 6.07) is 5.10. The molecule has 0 bridgehead atoms. The van der Waals surface area contributed by atoms with Crippen LogP contribution in [0.4, 0.5) is 4.39 Å². The average Bonchev–Trinajstić information content (AvgIpc) is 2.88. The number of hydrogen-bond donors (Lipinski definition) is 0. The molecule has 1 atom stereocenters. The highest BCUT2D eigenvalue weighted by Gasteiger charge is 2.41. The van der Waals surface area contributed by atoms with Crippen molar-refractivity contribution in [3.63, 3.8) is 0 Å². The van der Waals surface area contributed by atoms with Gasteiger partial charge in [0.2, 0.25) is 10.0 Å². The van der Waals surface area contributed by atoms with Gasteiger partial charge in [-0.3, -0.25) is 0 Å². The van der Waals surface area contributed by atoms with Gasteiger partial charge in [0.25, 0.3) is 0 Å². The lowest BCUT2D eigenvalue weighted by molar-refractivity contribution is -0.141. The third-order valence-electron chi connectivity index (χ3n) is 2.68. The van der Waals surface area contributed by atoms with E-state index in [2.05, 4.69) is 4.74 Å². The van der Waals surface area contributed by atoms with Gasteiger partial charge in [-0.2, -0.15) is 4.31 Å². The zero-order chi connectivity index (χ0) is 14.0. The van der Waals surface area contributed by atoms with Crippen molar-refractivity contribution in [3.05, 3.63) is 30.1 Å². The van der Waals surface area contributed by atoms with Gasteiger partial charge < -0.3 is 4.74 Å². The highest BCUT2D eigenvalue weighted by molar-refractivity contribution is 8.02. The highest BCUT2D eigenvalue weighted by Crippen LogP contribution is 2.31. The van der Waals surface area contributed by atoms with E-state index in [1.165, 1.54) is 25.3 Å². The molecule has 0 aromatic heterocycles. The summed E-state index contributed by atoms with van der Waals surface area (Å²) < 4.78 is 43.9. The zero-order valence-electron chi connectivity index (χ0n) is 10.1. The lowest BCUT2D eigenvalue weighted by Crippen LogP contribution is -2.40. The van der Waals surface area contributed by atoms with E-state index in [4.69, 9.17) is 0 Å². The van der Waals surface area contributed by atoms with Gasteiger partial charge in [0, 0.05) is 12.3 Å². The Kier molecular flexibility index (Phi) is 4.12. The van der Waals surface area contributed by atoms with E-state index in [1.807, 2.05) is 0 Å². The molecule has 1 aliphatic rings. The minimum Gasteiger partial charge on any atom is -0.467 e. The van der Waals surface area contributed by atoms with Gasteiger partial charge in [-0.15, -0.1) is 11.8 Å². The monoisotopic (exact) mass is 305 g/mol. The number of carbonyl (C=O) groups excluding carboxylic acids is 1. The number of methoxy groups -OCH3 is 1. The van der Waals surface area contributed by atoms with Gasteiger partial charge in [0.15, 0.2) is 5.37 Å². The summed E-state index contributed by atoms with van der Waals surface area (Å²) >= 11 is 1.16. The van der Waals surface area contributed by atoms with Crippen LogP contribution >= 0.6 is 11.8 Å². The van der Waals surface area contributed by atoms with Crippen LogP contribution in [-0.2, 0) is 19.6 Å². The topological polar surface area (TPSA) is 63.7 Å². The number of sulfonamides is 1. The van der Waals surface area contributed by atoms with E-state index < -0.39 is 32.1 Å². The number of rotatable bonds is 3. The van der Waals surface area contributed by atoms with Crippen molar-refractivity contribution in [1.29, 1.82) is 0 Å².